The largest absolute Gasteiger partial charge is 0.238 e. The lowest BCUT2D eigenvalue weighted by molar-refractivity contribution is 0.206. The van der Waals surface area contributed by atoms with Gasteiger partial charge in [-0.05, 0) is 19.9 Å². The van der Waals surface area contributed by atoms with Crippen LogP contribution in [0.25, 0.3) is 0 Å². The average molecular weight is 139 g/mol. The van der Waals surface area contributed by atoms with E-state index >= 15 is 0 Å². The number of aromatic nitrogens is 2. The second kappa shape index (κ2) is 2.33. The van der Waals surface area contributed by atoms with Crippen molar-refractivity contribution >= 4 is 0 Å². The van der Waals surface area contributed by atoms with Gasteiger partial charge in [-0.2, -0.15) is 0 Å². The van der Waals surface area contributed by atoms with Gasteiger partial charge in [-0.3, -0.25) is 0 Å². The van der Waals surface area contributed by atoms with Gasteiger partial charge in [-0.25, -0.2) is 14.4 Å². The normalized spacial score (nSPS) is 11.5. The van der Waals surface area contributed by atoms with Crippen LogP contribution in [0.3, 0.4) is 0 Å². The summed E-state index contributed by atoms with van der Waals surface area (Å²) in [6, 6.07) is 1.54. The van der Waals surface area contributed by atoms with Crippen molar-refractivity contribution in [2.24, 2.45) is 0 Å². The number of hydrogen-bond donors (Lipinski definition) is 0. The average Bonchev–Trinajstić information content (AvgIpc) is 1.88. The van der Waals surface area contributed by atoms with Crippen LogP contribution in [-0.4, -0.2) is 9.97 Å². The Morgan fingerprint density at radius 2 is 2.30 bits per heavy atom. The van der Waals surface area contributed by atoms with E-state index in [1.54, 1.807) is 0 Å². The minimum Gasteiger partial charge on any atom is -0.238 e. The van der Waals surface area contributed by atoms with Crippen LogP contribution in [0.4, 0.5) is 4.39 Å². The van der Waals surface area contributed by atoms with Gasteiger partial charge in [0.2, 0.25) is 0 Å². The van der Waals surface area contributed by atoms with E-state index in [0.717, 1.165) is 0 Å². The lowest BCUT2D eigenvalue weighted by Crippen LogP contribution is -2.13. The molecule has 0 aliphatic heterocycles. The van der Waals surface area contributed by atoms with Crippen LogP contribution in [0, 0.1) is 6.20 Å². The van der Waals surface area contributed by atoms with E-state index < -0.39 is 5.67 Å². The molecule has 0 aliphatic carbocycles. The molecule has 0 saturated heterocycles. The molecule has 1 radical (unpaired) electrons. The molecular formula is C7H8FN2. The number of alkyl halides is 1. The van der Waals surface area contributed by atoms with E-state index in [-0.39, 0.29) is 5.82 Å². The number of halogens is 1. The summed E-state index contributed by atoms with van der Waals surface area (Å²) in [4.78, 5) is 7.37. The molecule has 0 fully saturated rings. The maximum atomic E-state index is 13.0. The first-order valence-electron chi connectivity index (χ1n) is 2.99. The fourth-order valence-electron chi connectivity index (χ4n) is 0.555. The maximum absolute atomic E-state index is 13.0. The molecule has 0 aliphatic rings. The molecule has 0 bridgehead atoms. The molecule has 1 aromatic heterocycles. The predicted molar refractivity (Wildman–Crippen MR) is 35.0 cm³/mol. The number of hydrogen-bond acceptors (Lipinski definition) is 2. The van der Waals surface area contributed by atoms with Gasteiger partial charge in [0.1, 0.15) is 0 Å². The Bertz CT molecular complexity index is 203. The van der Waals surface area contributed by atoms with Gasteiger partial charge in [0, 0.05) is 6.20 Å². The molecule has 0 amide bonds. The fourth-order valence-corrected chi connectivity index (χ4v) is 0.555. The summed E-state index contributed by atoms with van der Waals surface area (Å²) in [5.41, 5.74) is -1.46. The van der Waals surface area contributed by atoms with Gasteiger partial charge in [0.25, 0.3) is 0 Å². The zero-order chi connectivity index (χ0) is 7.61. The summed E-state index contributed by atoms with van der Waals surface area (Å²) in [6.45, 7) is 2.83. The second-order valence-electron chi connectivity index (χ2n) is 2.48. The maximum Gasteiger partial charge on any atom is 0.165 e. The first-order valence-corrected chi connectivity index (χ1v) is 2.99. The number of nitrogens with zero attached hydrogens (tertiary/aromatic N) is 2. The van der Waals surface area contributed by atoms with Gasteiger partial charge in [0.15, 0.2) is 11.5 Å². The standard InChI is InChI=1S/C7H8FN2/c1-7(2,8)6-9-4-3-5-10-6/h3-4H,1-2H3. The Kier molecular flexibility index (Phi) is 1.66. The SMILES string of the molecule is CC(C)(F)c1n[c]ccn1. The van der Waals surface area contributed by atoms with Gasteiger partial charge in [-0.15, -0.1) is 0 Å². The Morgan fingerprint density at radius 3 is 2.60 bits per heavy atom. The van der Waals surface area contributed by atoms with E-state index in [0.29, 0.717) is 0 Å². The third-order valence-corrected chi connectivity index (χ3v) is 1.05. The zero-order valence-electron chi connectivity index (χ0n) is 5.93. The van der Waals surface area contributed by atoms with Crippen molar-refractivity contribution < 1.29 is 4.39 Å². The van der Waals surface area contributed by atoms with Crippen molar-refractivity contribution in [1.82, 2.24) is 9.97 Å². The molecule has 1 heterocycles. The Morgan fingerprint density at radius 1 is 1.60 bits per heavy atom. The lowest BCUT2D eigenvalue weighted by Gasteiger charge is -2.09. The van der Waals surface area contributed by atoms with Crippen LogP contribution in [0.1, 0.15) is 19.7 Å². The molecule has 0 N–H and O–H groups in total. The molecule has 0 saturated carbocycles. The first-order chi connectivity index (χ1) is 4.61. The quantitative estimate of drug-likeness (QED) is 0.589. The van der Waals surface area contributed by atoms with E-state index in [4.69, 9.17) is 0 Å². The predicted octanol–water partition coefficient (Wildman–Crippen LogP) is 1.48. The van der Waals surface area contributed by atoms with Crippen molar-refractivity contribution in [3.05, 3.63) is 24.3 Å². The third-order valence-electron chi connectivity index (χ3n) is 1.05. The van der Waals surface area contributed by atoms with Gasteiger partial charge in [0.05, 0.1) is 6.20 Å². The lowest BCUT2D eigenvalue weighted by atomic mass is 10.1. The summed E-state index contributed by atoms with van der Waals surface area (Å²) in [7, 11) is 0. The highest BCUT2D eigenvalue weighted by Crippen LogP contribution is 2.18. The minimum atomic E-state index is -1.46. The summed E-state index contributed by atoms with van der Waals surface area (Å²) >= 11 is 0. The van der Waals surface area contributed by atoms with Crippen LogP contribution in [-0.2, 0) is 5.67 Å². The Hall–Kier alpha value is -0.990. The molecule has 2 nitrogen and oxygen atoms in total. The molecule has 1 rings (SSSR count). The Balaban J connectivity index is 2.97. The monoisotopic (exact) mass is 139 g/mol. The molecule has 0 unspecified atom stereocenters. The summed E-state index contributed by atoms with van der Waals surface area (Å²) in [5, 5.41) is 0. The zero-order valence-corrected chi connectivity index (χ0v) is 5.93. The molecule has 0 atom stereocenters. The summed E-state index contributed by atoms with van der Waals surface area (Å²) in [6.07, 6.45) is 3.99. The van der Waals surface area contributed by atoms with E-state index in [2.05, 4.69) is 16.2 Å². The highest BCUT2D eigenvalue weighted by Gasteiger charge is 2.21. The van der Waals surface area contributed by atoms with Crippen LogP contribution in [0.2, 0.25) is 0 Å². The van der Waals surface area contributed by atoms with Crippen molar-refractivity contribution in [3.8, 4) is 0 Å². The van der Waals surface area contributed by atoms with Crippen molar-refractivity contribution in [2.45, 2.75) is 19.5 Å². The van der Waals surface area contributed by atoms with E-state index in [1.165, 1.54) is 26.1 Å². The summed E-state index contributed by atoms with van der Waals surface area (Å²) < 4.78 is 13.0. The van der Waals surface area contributed by atoms with Crippen molar-refractivity contribution in [3.63, 3.8) is 0 Å². The number of rotatable bonds is 1. The molecule has 0 spiro atoms. The van der Waals surface area contributed by atoms with Gasteiger partial charge in [-0.1, -0.05) is 0 Å². The van der Waals surface area contributed by atoms with Crippen LogP contribution in [0.5, 0.6) is 0 Å². The molecule has 1 aromatic rings. The molecule has 3 heteroatoms. The van der Waals surface area contributed by atoms with Gasteiger partial charge >= 0.3 is 0 Å². The Labute approximate surface area is 59.1 Å². The fraction of sp³-hybridized carbons (Fsp3) is 0.429. The van der Waals surface area contributed by atoms with Crippen molar-refractivity contribution in [2.75, 3.05) is 0 Å². The van der Waals surface area contributed by atoms with Crippen LogP contribution in [0.15, 0.2) is 12.3 Å². The van der Waals surface area contributed by atoms with Crippen LogP contribution < -0.4 is 0 Å². The minimum absolute atomic E-state index is 0.176. The summed E-state index contributed by atoms with van der Waals surface area (Å²) in [5.74, 6) is 0.176. The molecule has 10 heavy (non-hydrogen) atoms. The van der Waals surface area contributed by atoms with Crippen molar-refractivity contribution in [1.29, 1.82) is 0 Å². The highest BCUT2D eigenvalue weighted by atomic mass is 19.1. The first kappa shape index (κ1) is 7.12. The highest BCUT2D eigenvalue weighted by molar-refractivity contribution is 4.96. The third kappa shape index (κ3) is 1.50. The smallest absolute Gasteiger partial charge is 0.165 e. The van der Waals surface area contributed by atoms with Gasteiger partial charge < -0.3 is 0 Å². The molecule has 53 valence electrons. The molecular weight excluding hydrogens is 131 g/mol. The molecule has 0 aromatic carbocycles. The van der Waals surface area contributed by atoms with E-state index in [9.17, 15) is 4.39 Å². The van der Waals surface area contributed by atoms with E-state index in [1.807, 2.05) is 0 Å². The van der Waals surface area contributed by atoms with Crippen LogP contribution >= 0.6 is 0 Å². The topological polar surface area (TPSA) is 25.8 Å². The second-order valence-corrected chi connectivity index (χ2v) is 2.48.